The van der Waals surface area contributed by atoms with Gasteiger partial charge in [-0.2, -0.15) is 5.26 Å². The highest BCUT2D eigenvalue weighted by molar-refractivity contribution is 6.41. The van der Waals surface area contributed by atoms with E-state index in [0.717, 1.165) is 15.4 Å². The predicted octanol–water partition coefficient (Wildman–Crippen LogP) is 4.16. The maximum atomic E-state index is 13.8. The van der Waals surface area contributed by atoms with Crippen LogP contribution in [0.1, 0.15) is 65.0 Å². The number of benzene rings is 3. The minimum atomic E-state index is -0.704. The van der Waals surface area contributed by atoms with Crippen molar-refractivity contribution in [1.29, 1.82) is 5.26 Å². The highest BCUT2D eigenvalue weighted by Gasteiger charge is 2.43. The third kappa shape index (κ3) is 2.45. The molecule has 8 heteroatoms. The summed E-state index contributed by atoms with van der Waals surface area (Å²) >= 11 is 0. The van der Waals surface area contributed by atoms with Gasteiger partial charge in [-0.15, -0.1) is 0 Å². The summed E-state index contributed by atoms with van der Waals surface area (Å²) in [7, 11) is 1.29. The number of aryl methyl sites for hydroxylation is 2. The van der Waals surface area contributed by atoms with Crippen molar-refractivity contribution in [2.24, 2.45) is 0 Å². The van der Waals surface area contributed by atoms with E-state index in [0.29, 0.717) is 17.7 Å². The number of rotatable bonds is 2. The van der Waals surface area contributed by atoms with Crippen molar-refractivity contribution >= 4 is 45.8 Å². The minimum absolute atomic E-state index is 0.00755. The molecule has 4 amide bonds. The van der Waals surface area contributed by atoms with Crippen LogP contribution in [0.25, 0.3) is 15.6 Å². The van der Waals surface area contributed by atoms with Crippen LogP contribution in [0.3, 0.4) is 0 Å². The molecule has 0 saturated carbocycles. The monoisotopic (exact) mass is 448 g/mol. The van der Waals surface area contributed by atoms with E-state index in [1.807, 2.05) is 25.1 Å². The van der Waals surface area contributed by atoms with Crippen LogP contribution in [-0.2, 0) is 6.42 Å². The number of hydrogen-bond donors (Lipinski definition) is 0. The second-order valence-corrected chi connectivity index (χ2v) is 8.19. The number of carbonyl (C=O) groups excluding carboxylic acids is 4. The van der Waals surface area contributed by atoms with Crippen molar-refractivity contribution in [1.82, 2.24) is 4.90 Å². The first-order valence-corrected chi connectivity index (χ1v) is 10.5. The Morgan fingerprint density at radius 2 is 1.65 bits per heavy atom. The Bertz CT molecular complexity index is 1620. The van der Waals surface area contributed by atoms with Crippen LogP contribution in [-0.4, -0.2) is 35.6 Å². The SMILES string of the molecule is [C-]#[N+]c1cc2c3c(c(C#N)cc4c3c1C(=O)N(C)C4=O)C(=O)N(c1c(C)cccc1CC)C2=O. The summed E-state index contributed by atoms with van der Waals surface area (Å²) in [4.78, 5) is 58.9. The maximum Gasteiger partial charge on any atom is 0.267 e. The summed E-state index contributed by atoms with van der Waals surface area (Å²) in [5.74, 6) is -2.73. The zero-order chi connectivity index (χ0) is 24.5. The smallest absolute Gasteiger partial charge is 0.267 e. The lowest BCUT2D eigenvalue weighted by Crippen LogP contribution is -2.43. The lowest BCUT2D eigenvalue weighted by Gasteiger charge is -2.33. The third-order valence-corrected chi connectivity index (χ3v) is 6.45. The molecule has 0 spiro atoms. The van der Waals surface area contributed by atoms with Crippen LogP contribution >= 0.6 is 0 Å². The molecule has 0 bridgehead atoms. The van der Waals surface area contributed by atoms with Crippen LogP contribution in [0, 0.1) is 24.8 Å². The minimum Gasteiger partial charge on any atom is -0.279 e. The van der Waals surface area contributed by atoms with Crippen LogP contribution in [0.5, 0.6) is 0 Å². The molecule has 0 saturated heterocycles. The zero-order valence-electron chi connectivity index (χ0n) is 18.5. The highest BCUT2D eigenvalue weighted by Crippen LogP contribution is 2.44. The molecule has 3 aromatic rings. The van der Waals surface area contributed by atoms with Gasteiger partial charge in [0.05, 0.1) is 28.9 Å². The molecule has 0 unspecified atom stereocenters. The number of imide groups is 2. The number of anilines is 1. The number of amides is 4. The average Bonchev–Trinajstić information content (AvgIpc) is 2.84. The van der Waals surface area contributed by atoms with E-state index < -0.39 is 23.6 Å². The molecule has 164 valence electrons. The molecule has 0 fully saturated rings. The van der Waals surface area contributed by atoms with Gasteiger partial charge in [0.25, 0.3) is 23.6 Å². The lowest BCUT2D eigenvalue weighted by atomic mass is 9.82. The molecule has 0 atom stereocenters. The molecule has 0 N–H and O–H groups in total. The fraction of sp³-hybridized carbons (Fsp3) is 0.154. The first kappa shape index (κ1) is 21.0. The van der Waals surface area contributed by atoms with Crippen molar-refractivity contribution in [3.05, 3.63) is 80.7 Å². The summed E-state index contributed by atoms with van der Waals surface area (Å²) in [6.07, 6.45) is 0.558. The molecular weight excluding hydrogens is 432 g/mol. The fourth-order valence-electron chi connectivity index (χ4n) is 4.87. The van der Waals surface area contributed by atoms with Gasteiger partial charge in [-0.05, 0) is 42.0 Å². The summed E-state index contributed by atoms with van der Waals surface area (Å²) in [5, 5.41) is 10.0. The van der Waals surface area contributed by atoms with Gasteiger partial charge >= 0.3 is 0 Å². The lowest BCUT2D eigenvalue weighted by molar-refractivity contribution is 0.0649. The number of carbonyl (C=O) groups is 4. The second kappa shape index (κ2) is 7.09. The molecule has 8 nitrogen and oxygen atoms in total. The van der Waals surface area contributed by atoms with Crippen molar-refractivity contribution in [3.8, 4) is 6.07 Å². The van der Waals surface area contributed by atoms with Gasteiger partial charge in [-0.25, -0.2) is 9.74 Å². The Labute approximate surface area is 194 Å². The van der Waals surface area contributed by atoms with E-state index in [9.17, 15) is 24.4 Å². The molecule has 34 heavy (non-hydrogen) atoms. The summed E-state index contributed by atoms with van der Waals surface area (Å²) in [6.45, 7) is 11.3. The summed E-state index contributed by atoms with van der Waals surface area (Å²) in [5.41, 5.74) is 1.66. The molecule has 3 aromatic carbocycles. The van der Waals surface area contributed by atoms with Gasteiger partial charge in [0, 0.05) is 23.6 Å². The van der Waals surface area contributed by atoms with Crippen LogP contribution in [0.2, 0.25) is 0 Å². The van der Waals surface area contributed by atoms with Gasteiger partial charge in [0.2, 0.25) is 5.69 Å². The van der Waals surface area contributed by atoms with E-state index in [1.165, 1.54) is 19.2 Å². The Hall–Kier alpha value is -4.82. The Morgan fingerprint density at radius 1 is 0.971 bits per heavy atom. The Kier molecular flexibility index (Phi) is 4.39. The van der Waals surface area contributed by atoms with Crippen LogP contribution in [0.4, 0.5) is 11.4 Å². The molecular formula is C26H16N4O4. The second-order valence-electron chi connectivity index (χ2n) is 8.19. The first-order valence-electron chi connectivity index (χ1n) is 10.5. The summed E-state index contributed by atoms with van der Waals surface area (Å²) in [6, 6.07) is 9.98. The van der Waals surface area contributed by atoms with E-state index >= 15 is 0 Å². The van der Waals surface area contributed by atoms with Crippen molar-refractivity contribution < 1.29 is 19.2 Å². The number of hydrogen-bond acceptors (Lipinski definition) is 5. The highest BCUT2D eigenvalue weighted by atomic mass is 16.2. The Balaban J connectivity index is 1.97. The quantitative estimate of drug-likeness (QED) is 0.433. The molecule has 2 heterocycles. The van der Waals surface area contributed by atoms with E-state index in [1.54, 1.807) is 13.0 Å². The first-order chi connectivity index (χ1) is 16.3. The van der Waals surface area contributed by atoms with Gasteiger partial charge < -0.3 is 0 Å². The molecule has 0 aromatic heterocycles. The van der Waals surface area contributed by atoms with Crippen molar-refractivity contribution in [2.45, 2.75) is 20.3 Å². The van der Waals surface area contributed by atoms with E-state index in [2.05, 4.69) is 4.85 Å². The molecule has 2 aliphatic rings. The summed E-state index contributed by atoms with van der Waals surface area (Å²) < 4.78 is 0. The molecule has 0 aliphatic carbocycles. The van der Waals surface area contributed by atoms with Gasteiger partial charge in [0.15, 0.2) is 0 Å². The normalized spacial score (nSPS) is 14.5. The molecule has 2 aliphatic heterocycles. The van der Waals surface area contributed by atoms with E-state index in [-0.39, 0.29) is 44.3 Å². The van der Waals surface area contributed by atoms with Crippen molar-refractivity contribution in [3.63, 3.8) is 0 Å². The fourth-order valence-corrected chi connectivity index (χ4v) is 4.87. The van der Waals surface area contributed by atoms with Gasteiger partial charge in [0.1, 0.15) is 6.07 Å². The standard InChI is InChI=1S/C26H16N4O4/c1-5-13-8-6-7-12(2)22(13)30-24(32)16-10-17(28-3)21-20-15(23(31)29(4)25(21)33)9-14(11-27)18(19(16)20)26(30)34/h6-10H,5H2,1-2,4H3. The number of nitrogens with zero attached hydrogens (tertiary/aromatic N) is 4. The maximum absolute atomic E-state index is 13.8. The number of nitriles is 1. The van der Waals surface area contributed by atoms with Crippen LogP contribution < -0.4 is 4.90 Å². The predicted molar refractivity (Wildman–Crippen MR) is 123 cm³/mol. The van der Waals surface area contributed by atoms with Crippen LogP contribution in [0.15, 0.2) is 30.3 Å². The molecule has 5 rings (SSSR count). The third-order valence-electron chi connectivity index (χ3n) is 6.45. The largest absolute Gasteiger partial charge is 0.279 e. The number of para-hydroxylation sites is 1. The van der Waals surface area contributed by atoms with E-state index in [4.69, 9.17) is 6.57 Å². The van der Waals surface area contributed by atoms with Gasteiger partial charge in [-0.3, -0.25) is 24.1 Å². The average molecular weight is 448 g/mol. The topological polar surface area (TPSA) is 103 Å². The zero-order valence-corrected chi connectivity index (χ0v) is 18.5. The van der Waals surface area contributed by atoms with Gasteiger partial charge in [-0.1, -0.05) is 25.1 Å². The molecule has 0 radical (unpaired) electrons. The Morgan fingerprint density at radius 3 is 2.29 bits per heavy atom. The van der Waals surface area contributed by atoms with Crippen molar-refractivity contribution in [2.75, 3.05) is 11.9 Å².